The molecule has 0 amide bonds. The molecule has 1 fully saturated rings. The largest absolute Gasteiger partial charge is 0.460 e. The minimum Gasteiger partial charge on any atom is -0.460 e. The highest BCUT2D eigenvalue weighted by molar-refractivity contribution is 6.83. The number of ether oxygens (including phenoxy) is 2. The summed E-state index contributed by atoms with van der Waals surface area (Å²) in [5.74, 6) is 2.90. The average molecular weight is 479 g/mol. The number of rotatable bonds is 9. The zero-order valence-corrected chi connectivity index (χ0v) is 24.1. The fourth-order valence-electron chi connectivity index (χ4n) is 3.28. The Bertz CT molecular complexity index is 717. The van der Waals surface area contributed by atoms with E-state index in [0.29, 0.717) is 12.8 Å². The minimum atomic E-state index is -1.98. The number of hydrogen-bond acceptors (Lipinski definition) is 4. The van der Waals surface area contributed by atoms with Crippen LogP contribution in [0.4, 0.5) is 0 Å². The summed E-state index contributed by atoms with van der Waals surface area (Å²) in [6.45, 7) is 21.6. The average Bonchev–Trinajstić information content (AvgIpc) is 3.00. The van der Waals surface area contributed by atoms with Gasteiger partial charge in [0.05, 0.1) is 18.3 Å². The Morgan fingerprint density at radius 2 is 1.81 bits per heavy atom. The fourth-order valence-corrected chi connectivity index (χ4v) is 5.15. The van der Waals surface area contributed by atoms with Crippen molar-refractivity contribution in [3.8, 4) is 11.5 Å². The van der Waals surface area contributed by atoms with Crippen LogP contribution in [0.5, 0.6) is 0 Å². The first-order chi connectivity index (χ1) is 14.7. The van der Waals surface area contributed by atoms with Crippen molar-refractivity contribution >= 4 is 22.4 Å². The normalized spacial score (nSPS) is 23.4. The van der Waals surface area contributed by atoms with Crippen molar-refractivity contribution in [2.75, 3.05) is 0 Å². The summed E-state index contributed by atoms with van der Waals surface area (Å²) in [6.07, 6.45) is 10.9. The summed E-state index contributed by atoms with van der Waals surface area (Å²) >= 11 is 0. The summed E-state index contributed by atoms with van der Waals surface area (Å²) in [6, 6.07) is 0. The maximum atomic E-state index is 11.7. The molecule has 0 aromatic heterocycles. The first-order valence-electron chi connectivity index (χ1n) is 12.0. The Labute approximate surface area is 199 Å². The molecule has 0 aromatic rings. The minimum absolute atomic E-state index is 0.0441. The van der Waals surface area contributed by atoms with E-state index in [4.69, 9.17) is 13.9 Å². The van der Waals surface area contributed by atoms with E-state index < -0.39 is 16.4 Å². The van der Waals surface area contributed by atoms with Crippen LogP contribution in [0.1, 0.15) is 60.3 Å². The Kier molecular flexibility index (Phi) is 11.2. The highest BCUT2D eigenvalue weighted by Crippen LogP contribution is 2.40. The highest BCUT2D eigenvalue weighted by atomic mass is 28.4. The third-order valence-corrected chi connectivity index (χ3v) is 11.4. The quantitative estimate of drug-likeness (QED) is 0.161. The van der Waals surface area contributed by atoms with Crippen molar-refractivity contribution in [2.45, 2.75) is 122 Å². The molecular formula is C26H46O4Si2. The lowest BCUT2D eigenvalue weighted by Crippen LogP contribution is -2.47. The van der Waals surface area contributed by atoms with Crippen LogP contribution >= 0.6 is 0 Å². The van der Waals surface area contributed by atoms with Gasteiger partial charge in [0.1, 0.15) is 14.2 Å². The third kappa shape index (κ3) is 10.2. The topological polar surface area (TPSA) is 44.8 Å². The van der Waals surface area contributed by atoms with Gasteiger partial charge < -0.3 is 13.9 Å². The molecule has 1 aliphatic rings. The standard InChI is InChI=1S/C26H46O4Si2/c1-11-12-14-18-23(30-32(9,10)26(3,4)5)25-20-24(28-21(2)27)22(29-25)17-15-13-16-19-31(6,7)8/h12-15,22-25H,11,17-18,20H2,1-10H3/b14-12+,15-13+/t22-,23+,24-,25-/m1/s1. The van der Waals surface area contributed by atoms with Crippen LogP contribution in [-0.4, -0.2) is 46.8 Å². The number of carbonyl (C=O) groups is 1. The molecule has 0 radical (unpaired) electrons. The monoisotopic (exact) mass is 478 g/mol. The van der Waals surface area contributed by atoms with Crippen molar-refractivity contribution in [1.82, 2.24) is 0 Å². The van der Waals surface area contributed by atoms with E-state index in [1.54, 1.807) is 0 Å². The van der Waals surface area contributed by atoms with Gasteiger partial charge in [-0.3, -0.25) is 4.79 Å². The molecule has 1 rings (SSSR count). The van der Waals surface area contributed by atoms with Crippen LogP contribution in [0.15, 0.2) is 24.3 Å². The van der Waals surface area contributed by atoms with Gasteiger partial charge in [0.25, 0.3) is 0 Å². The number of esters is 1. The van der Waals surface area contributed by atoms with Crippen LogP contribution in [-0.2, 0) is 18.7 Å². The Morgan fingerprint density at radius 3 is 2.34 bits per heavy atom. The summed E-state index contributed by atoms with van der Waals surface area (Å²) < 4.78 is 18.9. The molecule has 0 spiro atoms. The maximum Gasteiger partial charge on any atom is 0.302 e. The van der Waals surface area contributed by atoms with Gasteiger partial charge in [0.2, 0.25) is 0 Å². The van der Waals surface area contributed by atoms with Gasteiger partial charge in [0.15, 0.2) is 8.32 Å². The molecule has 0 unspecified atom stereocenters. The van der Waals surface area contributed by atoms with Crippen molar-refractivity contribution in [2.24, 2.45) is 0 Å². The van der Waals surface area contributed by atoms with E-state index in [2.05, 4.69) is 84.0 Å². The SMILES string of the molecule is CC/C=C/C[C@H](O[Si](C)(C)C(C)(C)C)[C@H]1C[C@@H](OC(C)=O)[C@@H](C/C=C/C#C[Si](C)(C)C)O1. The fraction of sp³-hybridized carbons (Fsp3) is 0.731. The molecular weight excluding hydrogens is 432 g/mol. The molecule has 6 heteroatoms. The van der Waals surface area contributed by atoms with Crippen LogP contribution in [0.3, 0.4) is 0 Å². The highest BCUT2D eigenvalue weighted by Gasteiger charge is 2.45. The van der Waals surface area contributed by atoms with Gasteiger partial charge in [-0.05, 0) is 43.5 Å². The summed E-state index contributed by atoms with van der Waals surface area (Å²) in [7, 11) is -3.36. The lowest BCUT2D eigenvalue weighted by molar-refractivity contribution is -0.149. The van der Waals surface area contributed by atoms with Crippen LogP contribution < -0.4 is 0 Å². The zero-order chi connectivity index (χ0) is 24.6. The summed E-state index contributed by atoms with van der Waals surface area (Å²) in [5.41, 5.74) is 3.34. The van der Waals surface area contributed by atoms with Crippen molar-refractivity contribution in [3.05, 3.63) is 24.3 Å². The van der Waals surface area contributed by atoms with Gasteiger partial charge in [-0.2, -0.15) is 0 Å². The van der Waals surface area contributed by atoms with Gasteiger partial charge in [-0.25, -0.2) is 0 Å². The van der Waals surface area contributed by atoms with Gasteiger partial charge in [0, 0.05) is 13.3 Å². The second kappa shape index (κ2) is 12.4. The van der Waals surface area contributed by atoms with E-state index in [1.165, 1.54) is 6.92 Å². The molecule has 1 heterocycles. The predicted molar refractivity (Wildman–Crippen MR) is 140 cm³/mol. The Morgan fingerprint density at radius 1 is 1.16 bits per heavy atom. The number of allylic oxidation sites excluding steroid dienone is 2. The number of carbonyl (C=O) groups excluding carboxylic acids is 1. The van der Waals surface area contributed by atoms with Crippen molar-refractivity contribution in [1.29, 1.82) is 0 Å². The molecule has 0 N–H and O–H groups in total. The summed E-state index contributed by atoms with van der Waals surface area (Å²) in [4.78, 5) is 11.7. The van der Waals surface area contributed by atoms with Crippen molar-refractivity contribution in [3.63, 3.8) is 0 Å². The van der Waals surface area contributed by atoms with E-state index in [0.717, 1.165) is 12.8 Å². The molecule has 4 nitrogen and oxygen atoms in total. The van der Waals surface area contributed by atoms with Crippen LogP contribution in [0.2, 0.25) is 37.8 Å². The molecule has 0 saturated carbocycles. The molecule has 4 atom stereocenters. The lowest BCUT2D eigenvalue weighted by Gasteiger charge is -2.40. The Hall–Kier alpha value is -1.14. The molecule has 182 valence electrons. The molecule has 0 bridgehead atoms. The Balaban J connectivity index is 3.01. The first kappa shape index (κ1) is 28.9. The molecule has 0 aromatic carbocycles. The molecule has 1 aliphatic heterocycles. The second-order valence-electron chi connectivity index (χ2n) is 11.3. The molecule has 1 saturated heterocycles. The summed E-state index contributed by atoms with van der Waals surface area (Å²) in [5, 5.41) is 0.116. The molecule has 32 heavy (non-hydrogen) atoms. The van der Waals surface area contributed by atoms with E-state index in [-0.39, 0.29) is 35.4 Å². The smallest absolute Gasteiger partial charge is 0.302 e. The molecule has 0 aliphatic carbocycles. The van der Waals surface area contributed by atoms with Crippen LogP contribution in [0.25, 0.3) is 0 Å². The third-order valence-electron chi connectivity index (χ3n) is 6.00. The predicted octanol–water partition coefficient (Wildman–Crippen LogP) is 6.65. The zero-order valence-electron chi connectivity index (χ0n) is 22.1. The van der Waals surface area contributed by atoms with Gasteiger partial charge >= 0.3 is 5.97 Å². The van der Waals surface area contributed by atoms with Gasteiger partial charge in [-0.15, -0.1) is 5.54 Å². The maximum absolute atomic E-state index is 11.7. The van der Waals surface area contributed by atoms with Crippen molar-refractivity contribution < 1.29 is 18.7 Å². The van der Waals surface area contributed by atoms with E-state index >= 15 is 0 Å². The van der Waals surface area contributed by atoms with Crippen LogP contribution in [0, 0.1) is 11.5 Å². The van der Waals surface area contributed by atoms with E-state index in [9.17, 15) is 4.79 Å². The second-order valence-corrected chi connectivity index (χ2v) is 20.8. The number of hydrogen-bond donors (Lipinski definition) is 0. The van der Waals surface area contributed by atoms with Gasteiger partial charge in [-0.1, -0.05) is 71.5 Å². The van der Waals surface area contributed by atoms with E-state index in [1.807, 2.05) is 12.2 Å². The first-order valence-corrected chi connectivity index (χ1v) is 18.4. The lowest BCUT2D eigenvalue weighted by atomic mass is 10.0.